The summed E-state index contributed by atoms with van der Waals surface area (Å²) >= 11 is 0. The summed E-state index contributed by atoms with van der Waals surface area (Å²) in [4.78, 5) is 4.19. The molecule has 0 atom stereocenters. The molecule has 0 saturated heterocycles. The monoisotopic (exact) mass is 272 g/mol. The van der Waals surface area contributed by atoms with Gasteiger partial charge in [-0.15, -0.1) is 6.42 Å². The number of aliphatic imine (C=N–C) groups is 1. The highest BCUT2D eigenvalue weighted by Gasteiger charge is 2.13. The number of nitrogens with zero attached hydrogens (tertiary/aromatic N) is 1. The van der Waals surface area contributed by atoms with Crippen molar-refractivity contribution < 1.29 is 7.13 Å². The molecule has 0 heterocycles. The SMILES string of the molecule is C#CC#CC#CCN=C(N)c1ccc(C(C)(C)C)cc1.[HH].[HH].[HH].[HH].[HH]. The first-order chi connectivity index (χ1) is 9.45. The Kier molecular flexibility index (Phi) is 5.46. The second kappa shape index (κ2) is 7.08. The molecule has 0 aliphatic heterocycles. The molecule has 0 aliphatic rings. The van der Waals surface area contributed by atoms with E-state index in [1.807, 2.05) is 12.1 Å². The smallest absolute Gasteiger partial charge is 0.126 e. The first-order valence-corrected chi connectivity index (χ1v) is 6.29. The van der Waals surface area contributed by atoms with Crippen molar-refractivity contribution in [1.29, 1.82) is 0 Å². The van der Waals surface area contributed by atoms with Gasteiger partial charge >= 0.3 is 0 Å². The van der Waals surface area contributed by atoms with Crippen molar-refractivity contribution in [3.8, 4) is 36.0 Å². The number of rotatable bonds is 2. The summed E-state index contributed by atoms with van der Waals surface area (Å²) in [5.41, 5.74) is 8.20. The van der Waals surface area contributed by atoms with E-state index in [0.29, 0.717) is 12.4 Å². The van der Waals surface area contributed by atoms with E-state index in [1.54, 1.807) is 0 Å². The molecule has 0 fully saturated rings. The van der Waals surface area contributed by atoms with Crippen LogP contribution in [0.2, 0.25) is 0 Å². The highest BCUT2D eigenvalue weighted by atomic mass is 14.8. The van der Waals surface area contributed by atoms with E-state index < -0.39 is 0 Å². The van der Waals surface area contributed by atoms with E-state index in [-0.39, 0.29) is 12.5 Å². The summed E-state index contributed by atoms with van der Waals surface area (Å²) in [6.07, 6.45) is 4.97. The lowest BCUT2D eigenvalue weighted by Crippen LogP contribution is -2.15. The van der Waals surface area contributed by atoms with Crippen molar-refractivity contribution in [3.05, 3.63) is 35.4 Å². The highest BCUT2D eigenvalue weighted by molar-refractivity contribution is 5.97. The summed E-state index contributed by atoms with van der Waals surface area (Å²) in [6.45, 7) is 6.83. The predicted octanol–water partition coefficient (Wildman–Crippen LogP) is 3.56. The Hall–Kier alpha value is -2.63. The van der Waals surface area contributed by atoms with Gasteiger partial charge in [0.2, 0.25) is 0 Å². The number of amidine groups is 1. The fourth-order valence-electron chi connectivity index (χ4n) is 1.51. The van der Waals surface area contributed by atoms with Gasteiger partial charge in [0.1, 0.15) is 12.4 Å². The van der Waals surface area contributed by atoms with Crippen molar-refractivity contribution in [1.82, 2.24) is 0 Å². The molecule has 0 spiro atoms. The van der Waals surface area contributed by atoms with Crippen LogP contribution in [-0.2, 0) is 5.41 Å². The van der Waals surface area contributed by atoms with Crippen LogP contribution in [0.3, 0.4) is 0 Å². The van der Waals surface area contributed by atoms with Gasteiger partial charge in [-0.3, -0.25) is 4.99 Å². The number of benzene rings is 1. The third kappa shape index (κ3) is 4.93. The van der Waals surface area contributed by atoms with Crippen LogP contribution < -0.4 is 5.73 Å². The maximum Gasteiger partial charge on any atom is 0.126 e. The molecule has 1 aromatic carbocycles. The highest BCUT2D eigenvalue weighted by Crippen LogP contribution is 2.22. The minimum Gasteiger partial charge on any atom is -0.383 e. The molecule has 0 aromatic heterocycles. The molecule has 0 saturated carbocycles. The summed E-state index contributed by atoms with van der Waals surface area (Å²) in [5.74, 6) is 13.0. The van der Waals surface area contributed by atoms with E-state index in [2.05, 4.69) is 67.5 Å². The second-order valence-electron chi connectivity index (χ2n) is 5.22. The van der Waals surface area contributed by atoms with E-state index in [0.717, 1.165) is 5.56 Å². The molecular formula is C18H28N2. The number of nitrogens with two attached hydrogens (primary N) is 1. The summed E-state index contributed by atoms with van der Waals surface area (Å²) in [5, 5.41) is 0. The number of hydrogen-bond acceptors (Lipinski definition) is 1. The fraction of sp³-hybridized carbons (Fsp3) is 0.278. The molecule has 1 aromatic rings. The van der Waals surface area contributed by atoms with Crippen LogP contribution in [0.4, 0.5) is 0 Å². The Morgan fingerprint density at radius 3 is 2.40 bits per heavy atom. The average Bonchev–Trinajstić information content (AvgIpc) is 2.41. The molecule has 0 bridgehead atoms. The zero-order valence-corrected chi connectivity index (χ0v) is 12.1. The fourth-order valence-corrected chi connectivity index (χ4v) is 1.51. The Bertz CT molecular complexity index is 660. The van der Waals surface area contributed by atoms with Gasteiger partial charge in [-0.2, -0.15) is 0 Å². The van der Waals surface area contributed by atoms with Crippen LogP contribution >= 0.6 is 0 Å². The predicted molar refractivity (Wildman–Crippen MR) is 95.7 cm³/mol. The van der Waals surface area contributed by atoms with Crippen LogP contribution in [0.5, 0.6) is 0 Å². The number of hydrogen-bond donors (Lipinski definition) is 1. The van der Waals surface area contributed by atoms with Crippen LogP contribution in [0.25, 0.3) is 0 Å². The maximum atomic E-state index is 5.91. The van der Waals surface area contributed by atoms with Crippen molar-refractivity contribution in [2.45, 2.75) is 26.2 Å². The Morgan fingerprint density at radius 2 is 1.85 bits per heavy atom. The lowest BCUT2D eigenvalue weighted by molar-refractivity contribution is 0.590. The molecule has 2 heteroatoms. The van der Waals surface area contributed by atoms with E-state index in [1.165, 1.54) is 5.56 Å². The lowest BCUT2D eigenvalue weighted by atomic mass is 9.87. The first-order valence-electron chi connectivity index (χ1n) is 6.29. The Morgan fingerprint density at radius 1 is 1.20 bits per heavy atom. The van der Waals surface area contributed by atoms with Gasteiger partial charge in [-0.1, -0.05) is 51.0 Å². The van der Waals surface area contributed by atoms with Gasteiger partial charge in [0.05, 0.1) is 0 Å². The van der Waals surface area contributed by atoms with Gasteiger partial charge < -0.3 is 5.73 Å². The maximum absolute atomic E-state index is 5.91. The van der Waals surface area contributed by atoms with Crippen molar-refractivity contribution in [3.63, 3.8) is 0 Å². The topological polar surface area (TPSA) is 38.4 Å². The van der Waals surface area contributed by atoms with E-state index >= 15 is 0 Å². The van der Waals surface area contributed by atoms with Gasteiger partial charge in [-0.05, 0) is 34.7 Å². The van der Waals surface area contributed by atoms with Gasteiger partial charge in [0.25, 0.3) is 0 Å². The molecule has 20 heavy (non-hydrogen) atoms. The summed E-state index contributed by atoms with van der Waals surface area (Å²) in [6, 6.07) is 8.10. The standard InChI is InChI=1S/C18H18N2.5H2/c1-5-6-7-8-9-14-20-17(19)15-10-12-16(13-11-15)18(2,3)4;;;;;/h1,10-13H,14H2,2-4H3,(H2,19,20);5*1H. The van der Waals surface area contributed by atoms with Gasteiger partial charge in [-0.25, -0.2) is 0 Å². The molecule has 2 nitrogen and oxygen atoms in total. The zero-order chi connectivity index (χ0) is 15.0. The third-order valence-corrected chi connectivity index (χ3v) is 2.66. The van der Waals surface area contributed by atoms with E-state index in [4.69, 9.17) is 12.2 Å². The van der Waals surface area contributed by atoms with Crippen molar-refractivity contribution in [2.24, 2.45) is 10.7 Å². The third-order valence-electron chi connectivity index (χ3n) is 2.66. The van der Waals surface area contributed by atoms with Crippen LogP contribution in [0.1, 0.15) is 39.0 Å². The molecule has 0 radical (unpaired) electrons. The van der Waals surface area contributed by atoms with Crippen molar-refractivity contribution >= 4 is 5.84 Å². The number of terminal acetylenes is 1. The second-order valence-corrected chi connectivity index (χ2v) is 5.22. The van der Waals surface area contributed by atoms with Gasteiger partial charge in [0, 0.05) is 12.7 Å². The minimum atomic E-state index is 0. The van der Waals surface area contributed by atoms with E-state index in [9.17, 15) is 0 Å². The Labute approximate surface area is 128 Å². The normalized spacial score (nSPS) is 10.6. The van der Waals surface area contributed by atoms with Crippen LogP contribution in [0.15, 0.2) is 29.3 Å². The molecule has 0 aliphatic carbocycles. The minimum absolute atomic E-state index is 0. The largest absolute Gasteiger partial charge is 0.383 e. The van der Waals surface area contributed by atoms with Crippen LogP contribution in [-0.4, -0.2) is 12.4 Å². The molecule has 1 rings (SSSR count). The molecule has 0 amide bonds. The molecule has 2 N–H and O–H groups in total. The van der Waals surface area contributed by atoms with Crippen molar-refractivity contribution in [2.75, 3.05) is 6.54 Å². The zero-order valence-electron chi connectivity index (χ0n) is 12.1. The molecular weight excluding hydrogens is 244 g/mol. The molecule has 110 valence electrons. The summed E-state index contributed by atoms with van der Waals surface area (Å²) in [7, 11) is 0. The van der Waals surface area contributed by atoms with Crippen LogP contribution in [0, 0.1) is 36.0 Å². The molecule has 0 unspecified atom stereocenters. The lowest BCUT2D eigenvalue weighted by Gasteiger charge is -2.19. The average molecular weight is 272 g/mol. The quantitative estimate of drug-likeness (QED) is 0.499. The van der Waals surface area contributed by atoms with Gasteiger partial charge in [0.15, 0.2) is 0 Å². The Balaban J connectivity index is -0.000000267. The first kappa shape index (κ1) is 15.4. The summed E-state index contributed by atoms with van der Waals surface area (Å²) < 4.78 is 0.